The van der Waals surface area contributed by atoms with Gasteiger partial charge in [-0.15, -0.1) is 0 Å². The number of nitrogens with two attached hydrogens (primary N) is 1. The van der Waals surface area contributed by atoms with Gasteiger partial charge in [0.2, 0.25) is 0 Å². The lowest BCUT2D eigenvalue weighted by atomic mass is 10.0. The standard InChI is InChI=1S/C21H18F2N4O3/c1-11-15-9-13(29-14-6-7-25-19(24)10-14)3-5-18(15)30-20(11)27-21(28)26-17-4-2-12(22)8-16(17)23/h2-11,20H,1H3,(H2,24,25)(H2,26,27,28)/t11-,20+/m0/s1. The number of nitrogens with one attached hydrogen (secondary N) is 2. The molecule has 4 rings (SSSR count). The number of hydrogen-bond donors (Lipinski definition) is 3. The molecule has 2 amide bonds. The first kappa shape index (κ1) is 19.4. The zero-order valence-electron chi connectivity index (χ0n) is 15.9. The predicted octanol–water partition coefficient (Wildman–Crippen LogP) is 4.38. The lowest BCUT2D eigenvalue weighted by Crippen LogP contribution is -2.42. The van der Waals surface area contributed by atoms with Gasteiger partial charge in [0.1, 0.15) is 34.7 Å². The number of rotatable bonds is 4. The average Bonchev–Trinajstić information content (AvgIpc) is 2.99. The van der Waals surface area contributed by atoms with Crippen LogP contribution in [0.1, 0.15) is 18.4 Å². The van der Waals surface area contributed by atoms with Crippen molar-refractivity contribution < 1.29 is 23.0 Å². The van der Waals surface area contributed by atoms with Gasteiger partial charge in [0.05, 0.1) is 5.69 Å². The molecule has 1 aliphatic rings. The van der Waals surface area contributed by atoms with E-state index in [-0.39, 0.29) is 11.6 Å². The molecule has 0 saturated heterocycles. The Balaban J connectivity index is 1.43. The second-order valence-electron chi connectivity index (χ2n) is 6.77. The Morgan fingerprint density at radius 1 is 1.13 bits per heavy atom. The highest BCUT2D eigenvalue weighted by atomic mass is 19.1. The number of aromatic nitrogens is 1. The molecule has 4 N–H and O–H groups in total. The Bertz CT molecular complexity index is 1110. The monoisotopic (exact) mass is 412 g/mol. The van der Waals surface area contributed by atoms with Crippen molar-refractivity contribution in [3.63, 3.8) is 0 Å². The van der Waals surface area contributed by atoms with Crippen LogP contribution in [0.4, 0.5) is 25.1 Å². The van der Waals surface area contributed by atoms with E-state index in [9.17, 15) is 13.6 Å². The highest BCUT2D eigenvalue weighted by molar-refractivity contribution is 5.89. The Kier molecular flexibility index (Phi) is 5.09. The van der Waals surface area contributed by atoms with Crippen LogP contribution in [0.15, 0.2) is 54.7 Å². The highest BCUT2D eigenvalue weighted by Gasteiger charge is 2.32. The molecular weight excluding hydrogens is 394 g/mol. The minimum Gasteiger partial charge on any atom is -0.470 e. The van der Waals surface area contributed by atoms with E-state index in [1.807, 2.05) is 13.0 Å². The van der Waals surface area contributed by atoms with Gasteiger partial charge in [-0.05, 0) is 36.4 Å². The quantitative estimate of drug-likeness (QED) is 0.591. The van der Waals surface area contributed by atoms with Crippen molar-refractivity contribution in [2.24, 2.45) is 0 Å². The number of halogens is 2. The molecule has 0 aliphatic carbocycles. The van der Waals surface area contributed by atoms with Gasteiger partial charge in [0.25, 0.3) is 0 Å². The van der Waals surface area contributed by atoms with Crippen molar-refractivity contribution in [3.05, 3.63) is 71.9 Å². The minimum absolute atomic E-state index is 0.135. The SMILES string of the molecule is C[C@H]1c2cc(Oc3ccnc(N)c3)ccc2O[C@H]1NC(=O)Nc1ccc(F)cc1F. The highest BCUT2D eigenvalue weighted by Crippen LogP contribution is 2.40. The van der Waals surface area contributed by atoms with E-state index in [0.29, 0.717) is 29.1 Å². The van der Waals surface area contributed by atoms with Gasteiger partial charge in [-0.1, -0.05) is 6.92 Å². The summed E-state index contributed by atoms with van der Waals surface area (Å²) in [4.78, 5) is 16.2. The number of benzene rings is 2. The number of carbonyl (C=O) groups is 1. The molecule has 0 spiro atoms. The molecule has 7 nitrogen and oxygen atoms in total. The lowest BCUT2D eigenvalue weighted by Gasteiger charge is -2.17. The molecule has 9 heteroatoms. The van der Waals surface area contributed by atoms with E-state index in [2.05, 4.69) is 15.6 Å². The third kappa shape index (κ3) is 4.09. The van der Waals surface area contributed by atoms with Crippen molar-refractivity contribution >= 4 is 17.5 Å². The summed E-state index contributed by atoms with van der Waals surface area (Å²) in [6, 6.07) is 10.8. The number of amides is 2. The van der Waals surface area contributed by atoms with Crippen molar-refractivity contribution in [1.82, 2.24) is 10.3 Å². The molecule has 1 aliphatic heterocycles. The third-order valence-electron chi connectivity index (χ3n) is 4.62. The van der Waals surface area contributed by atoms with E-state index >= 15 is 0 Å². The molecule has 2 heterocycles. The summed E-state index contributed by atoms with van der Waals surface area (Å²) in [5.41, 5.74) is 6.37. The topological polar surface area (TPSA) is 98.5 Å². The number of anilines is 2. The van der Waals surface area contributed by atoms with Crippen LogP contribution >= 0.6 is 0 Å². The number of hydrogen-bond acceptors (Lipinski definition) is 5. The number of nitrogens with zero attached hydrogens (tertiary/aromatic N) is 1. The van der Waals surface area contributed by atoms with Crippen LogP contribution in [0.5, 0.6) is 17.2 Å². The molecule has 1 aromatic heterocycles. The predicted molar refractivity (Wildman–Crippen MR) is 107 cm³/mol. The molecule has 154 valence electrons. The Hall–Kier alpha value is -3.88. The fraction of sp³-hybridized carbons (Fsp3) is 0.143. The fourth-order valence-electron chi connectivity index (χ4n) is 3.12. The van der Waals surface area contributed by atoms with E-state index in [1.54, 1.807) is 30.5 Å². The van der Waals surface area contributed by atoms with Crippen LogP contribution in [0.3, 0.4) is 0 Å². The van der Waals surface area contributed by atoms with E-state index in [1.165, 1.54) is 0 Å². The van der Waals surface area contributed by atoms with Crippen LogP contribution in [0.25, 0.3) is 0 Å². The Labute approximate surface area is 170 Å². The summed E-state index contributed by atoms with van der Waals surface area (Å²) in [6.45, 7) is 1.88. The Morgan fingerprint density at radius 2 is 1.93 bits per heavy atom. The first-order valence-electron chi connectivity index (χ1n) is 9.11. The summed E-state index contributed by atoms with van der Waals surface area (Å²) in [7, 11) is 0. The molecule has 0 fully saturated rings. The van der Waals surface area contributed by atoms with Crippen molar-refractivity contribution in [2.45, 2.75) is 19.1 Å². The fourth-order valence-corrected chi connectivity index (χ4v) is 3.12. The summed E-state index contributed by atoms with van der Waals surface area (Å²) < 4.78 is 38.3. The summed E-state index contributed by atoms with van der Waals surface area (Å²) in [5, 5.41) is 4.99. The first-order valence-corrected chi connectivity index (χ1v) is 9.11. The maximum atomic E-state index is 13.7. The van der Waals surface area contributed by atoms with E-state index in [0.717, 1.165) is 17.7 Å². The molecule has 3 aromatic rings. The Morgan fingerprint density at radius 3 is 2.70 bits per heavy atom. The lowest BCUT2D eigenvalue weighted by molar-refractivity contribution is 0.173. The van der Waals surface area contributed by atoms with Gasteiger partial charge >= 0.3 is 6.03 Å². The molecule has 30 heavy (non-hydrogen) atoms. The van der Waals surface area contributed by atoms with Gasteiger partial charge in [-0.25, -0.2) is 18.6 Å². The van der Waals surface area contributed by atoms with E-state index < -0.39 is 23.9 Å². The maximum Gasteiger partial charge on any atom is 0.322 e. The smallest absolute Gasteiger partial charge is 0.322 e. The van der Waals surface area contributed by atoms with Gasteiger partial charge < -0.3 is 25.8 Å². The normalized spacial score (nSPS) is 17.0. The third-order valence-corrected chi connectivity index (χ3v) is 4.62. The number of ether oxygens (including phenoxy) is 2. The largest absolute Gasteiger partial charge is 0.470 e. The van der Waals surface area contributed by atoms with Crippen molar-refractivity contribution in [2.75, 3.05) is 11.1 Å². The summed E-state index contributed by atoms with van der Waals surface area (Å²) in [5.74, 6) is 0.273. The molecule has 2 atom stereocenters. The molecule has 0 radical (unpaired) electrons. The molecule has 0 bridgehead atoms. The van der Waals surface area contributed by atoms with Gasteiger partial charge in [0.15, 0.2) is 6.23 Å². The average molecular weight is 412 g/mol. The number of nitrogen functional groups attached to an aromatic ring is 1. The zero-order chi connectivity index (χ0) is 21.3. The minimum atomic E-state index is -0.868. The maximum absolute atomic E-state index is 13.7. The van der Waals surface area contributed by atoms with Gasteiger partial charge in [-0.2, -0.15) is 0 Å². The van der Waals surface area contributed by atoms with Gasteiger partial charge in [0, 0.05) is 29.8 Å². The zero-order valence-corrected chi connectivity index (χ0v) is 15.9. The summed E-state index contributed by atoms with van der Waals surface area (Å²) in [6.07, 6.45) is 0.877. The number of urea groups is 1. The molecule has 0 unspecified atom stereocenters. The first-order chi connectivity index (χ1) is 14.4. The molecule has 0 saturated carbocycles. The van der Waals surface area contributed by atoms with Crippen molar-refractivity contribution in [1.29, 1.82) is 0 Å². The van der Waals surface area contributed by atoms with Crippen LogP contribution < -0.4 is 25.8 Å². The number of pyridine rings is 1. The molecular formula is C21H18F2N4O3. The summed E-state index contributed by atoms with van der Waals surface area (Å²) >= 11 is 0. The number of carbonyl (C=O) groups excluding carboxylic acids is 1. The van der Waals surface area contributed by atoms with Crippen LogP contribution in [0.2, 0.25) is 0 Å². The molecule has 2 aromatic carbocycles. The van der Waals surface area contributed by atoms with Crippen molar-refractivity contribution in [3.8, 4) is 17.2 Å². The second-order valence-corrected chi connectivity index (χ2v) is 6.77. The van der Waals surface area contributed by atoms with Crippen LogP contribution in [0, 0.1) is 11.6 Å². The van der Waals surface area contributed by atoms with Crippen LogP contribution in [-0.2, 0) is 0 Å². The second kappa shape index (κ2) is 7.86. The number of fused-ring (bicyclic) bond motifs is 1. The van der Waals surface area contributed by atoms with Gasteiger partial charge in [-0.3, -0.25) is 0 Å². The van der Waals surface area contributed by atoms with E-state index in [4.69, 9.17) is 15.2 Å². The van der Waals surface area contributed by atoms with Crippen LogP contribution in [-0.4, -0.2) is 17.2 Å².